The van der Waals surface area contributed by atoms with Gasteiger partial charge in [0.05, 0.1) is 97.0 Å². The molecule has 322 valence electrons. The van der Waals surface area contributed by atoms with Crippen LogP contribution in [0.4, 0.5) is 17.5 Å². The molecular weight excluding hydrogens is 776 g/mol. The highest BCUT2D eigenvalue weighted by Gasteiger charge is 2.23. The summed E-state index contributed by atoms with van der Waals surface area (Å²) in [6, 6.07) is 6.80. The fourth-order valence-electron chi connectivity index (χ4n) is 5.46. The summed E-state index contributed by atoms with van der Waals surface area (Å²) in [6.45, 7) is 6.30. The SMILES string of the molecule is CN(Cc1cnc2nc(N)nc(N)c2n1)c1ccc(C(=O)CC(CCC(=O)NCCOCCOCCOCCOCCOCCOCCCCCCCl)C(=O)O)cc1. The zero-order valence-electron chi connectivity index (χ0n) is 33.4. The van der Waals surface area contributed by atoms with E-state index in [-0.39, 0.29) is 55.9 Å². The van der Waals surface area contributed by atoms with E-state index in [0.717, 1.165) is 43.9 Å². The van der Waals surface area contributed by atoms with Crippen LogP contribution in [0, 0.1) is 5.92 Å². The van der Waals surface area contributed by atoms with Gasteiger partial charge in [-0.2, -0.15) is 9.97 Å². The van der Waals surface area contributed by atoms with Gasteiger partial charge in [-0.05, 0) is 43.5 Å². The average Bonchev–Trinajstić information content (AvgIpc) is 3.21. The summed E-state index contributed by atoms with van der Waals surface area (Å²) < 4.78 is 32.9. The van der Waals surface area contributed by atoms with Crippen molar-refractivity contribution in [1.82, 2.24) is 25.3 Å². The van der Waals surface area contributed by atoms with Crippen molar-refractivity contribution in [3.63, 3.8) is 0 Å². The number of aromatic nitrogens is 4. The number of nitrogens with two attached hydrogens (primary N) is 2. The Kier molecular flexibility index (Phi) is 24.0. The molecule has 0 bridgehead atoms. The molecule has 0 fully saturated rings. The molecule has 6 N–H and O–H groups in total. The van der Waals surface area contributed by atoms with E-state index in [0.29, 0.717) is 95.0 Å². The molecule has 18 nitrogen and oxygen atoms in total. The lowest BCUT2D eigenvalue weighted by molar-refractivity contribution is -0.142. The number of carboxylic acids is 1. The summed E-state index contributed by atoms with van der Waals surface area (Å²) in [5.74, 6) is -1.92. The topological polar surface area (TPSA) is 246 Å². The highest BCUT2D eigenvalue weighted by molar-refractivity contribution is 6.17. The number of carboxylic acid groups (broad SMARTS) is 1. The fraction of sp³-hybridized carbons (Fsp3) is 0.615. The van der Waals surface area contributed by atoms with Gasteiger partial charge in [0.2, 0.25) is 11.9 Å². The molecule has 1 aromatic carbocycles. The van der Waals surface area contributed by atoms with Crippen LogP contribution in [0.5, 0.6) is 0 Å². The first kappa shape index (κ1) is 48.1. The standard InChI is InChI=1S/C39H59ClN8O10/c1-48(28-31-27-44-37-35(45-31)36(41)46-39(42)47-37)32-9-6-29(7-10-32)33(49)26-30(38(51)52)8-11-34(50)43-13-15-54-17-19-56-21-23-58-25-24-57-22-20-55-18-16-53-14-5-3-2-4-12-40/h6-7,9-10,27,30H,2-5,8,11-26,28H2,1H3,(H,43,50)(H,51,52)(H4,41,42,44,46,47). The average molecular weight is 835 g/mol. The molecule has 19 heteroatoms. The highest BCUT2D eigenvalue weighted by Crippen LogP contribution is 2.21. The summed E-state index contributed by atoms with van der Waals surface area (Å²) >= 11 is 5.66. The normalized spacial score (nSPS) is 11.8. The first-order chi connectivity index (χ1) is 28.2. The first-order valence-corrected chi connectivity index (χ1v) is 20.1. The molecule has 0 aliphatic carbocycles. The van der Waals surface area contributed by atoms with Crippen LogP contribution in [0.2, 0.25) is 0 Å². The van der Waals surface area contributed by atoms with E-state index in [4.69, 9.17) is 51.5 Å². The zero-order chi connectivity index (χ0) is 41.8. The summed E-state index contributed by atoms with van der Waals surface area (Å²) in [4.78, 5) is 55.9. The lowest BCUT2D eigenvalue weighted by atomic mass is 9.94. The van der Waals surface area contributed by atoms with Crippen LogP contribution in [-0.2, 0) is 44.6 Å². The minimum Gasteiger partial charge on any atom is -0.481 e. The maximum absolute atomic E-state index is 13.0. The van der Waals surface area contributed by atoms with E-state index in [2.05, 4.69) is 25.3 Å². The Morgan fingerprint density at radius 3 is 1.93 bits per heavy atom. The number of ketones is 1. The van der Waals surface area contributed by atoms with Crippen molar-refractivity contribution in [1.29, 1.82) is 0 Å². The third-order valence-corrected chi connectivity index (χ3v) is 8.90. The number of nitrogens with one attached hydrogen (secondary N) is 1. The van der Waals surface area contributed by atoms with Crippen molar-refractivity contribution < 1.29 is 47.9 Å². The van der Waals surface area contributed by atoms with E-state index in [1.165, 1.54) is 0 Å². The Bertz CT molecular complexity index is 1640. The first-order valence-electron chi connectivity index (χ1n) is 19.6. The number of alkyl halides is 1. The maximum atomic E-state index is 13.0. The number of carbonyl (C=O) groups is 3. The van der Waals surface area contributed by atoms with E-state index >= 15 is 0 Å². The van der Waals surface area contributed by atoms with Gasteiger partial charge in [-0.1, -0.05) is 12.8 Å². The number of fused-ring (bicyclic) bond motifs is 1. The number of benzene rings is 1. The van der Waals surface area contributed by atoms with Crippen LogP contribution >= 0.6 is 11.6 Å². The van der Waals surface area contributed by atoms with Crippen molar-refractivity contribution in [2.45, 2.75) is 51.5 Å². The third-order valence-electron chi connectivity index (χ3n) is 8.63. The van der Waals surface area contributed by atoms with Crippen molar-refractivity contribution in [3.05, 3.63) is 41.7 Å². The van der Waals surface area contributed by atoms with Gasteiger partial charge in [0.15, 0.2) is 22.8 Å². The second-order valence-electron chi connectivity index (χ2n) is 13.2. The van der Waals surface area contributed by atoms with Gasteiger partial charge in [-0.25, -0.2) is 9.97 Å². The van der Waals surface area contributed by atoms with Gasteiger partial charge in [0.25, 0.3) is 0 Å². The number of nitrogen functional groups attached to an aromatic ring is 2. The molecule has 0 spiro atoms. The van der Waals surface area contributed by atoms with Gasteiger partial charge < -0.3 is 55.2 Å². The molecular formula is C39H59ClN8O10. The predicted octanol–water partition coefficient (Wildman–Crippen LogP) is 3.29. The molecule has 1 atom stereocenters. The minimum absolute atomic E-state index is 0.0168. The van der Waals surface area contributed by atoms with Crippen LogP contribution in [0.1, 0.15) is 61.0 Å². The quantitative estimate of drug-likeness (QED) is 0.0383. The van der Waals surface area contributed by atoms with Crippen molar-refractivity contribution in [2.24, 2.45) is 5.92 Å². The summed E-state index contributed by atoms with van der Waals surface area (Å²) in [5.41, 5.74) is 14.0. The maximum Gasteiger partial charge on any atom is 0.306 e. The molecule has 2 aromatic heterocycles. The number of rotatable bonds is 34. The van der Waals surface area contributed by atoms with Crippen molar-refractivity contribution in [3.8, 4) is 0 Å². The molecule has 0 aliphatic rings. The van der Waals surface area contributed by atoms with Crippen LogP contribution < -0.4 is 21.7 Å². The predicted molar refractivity (Wildman–Crippen MR) is 219 cm³/mol. The van der Waals surface area contributed by atoms with E-state index in [1.807, 2.05) is 11.9 Å². The molecule has 1 unspecified atom stereocenters. The van der Waals surface area contributed by atoms with Gasteiger partial charge >= 0.3 is 5.97 Å². The Morgan fingerprint density at radius 1 is 0.776 bits per heavy atom. The number of Topliss-reactive ketones (excluding diaryl/α,β-unsaturated/α-hetero) is 1. The summed E-state index contributed by atoms with van der Waals surface area (Å²) in [6.07, 6.45) is 5.72. The number of amides is 1. The number of hydrogen-bond donors (Lipinski definition) is 4. The van der Waals surface area contributed by atoms with Crippen LogP contribution in [0.25, 0.3) is 11.2 Å². The second-order valence-corrected chi connectivity index (χ2v) is 13.6. The van der Waals surface area contributed by atoms with Gasteiger partial charge in [0.1, 0.15) is 0 Å². The number of carbonyl (C=O) groups excluding carboxylic acids is 2. The van der Waals surface area contributed by atoms with Gasteiger partial charge in [0, 0.05) is 50.2 Å². The lowest BCUT2D eigenvalue weighted by Crippen LogP contribution is -2.29. The molecule has 0 saturated heterocycles. The smallest absolute Gasteiger partial charge is 0.306 e. The number of nitrogens with zero attached hydrogens (tertiary/aromatic N) is 5. The number of aliphatic carboxylic acids is 1. The van der Waals surface area contributed by atoms with E-state index in [9.17, 15) is 19.5 Å². The molecule has 1 amide bonds. The molecule has 2 heterocycles. The number of unbranched alkanes of at least 4 members (excludes halogenated alkanes) is 3. The van der Waals surface area contributed by atoms with E-state index in [1.54, 1.807) is 30.5 Å². The Hall–Kier alpha value is -4.30. The third kappa shape index (κ3) is 19.9. The number of hydrogen-bond acceptors (Lipinski definition) is 16. The zero-order valence-corrected chi connectivity index (χ0v) is 34.2. The Labute approximate surface area is 344 Å². The fourth-order valence-corrected chi connectivity index (χ4v) is 5.65. The van der Waals surface area contributed by atoms with Gasteiger partial charge in [-0.3, -0.25) is 14.4 Å². The largest absolute Gasteiger partial charge is 0.481 e. The Morgan fingerprint density at radius 2 is 1.34 bits per heavy atom. The van der Waals surface area contributed by atoms with Crippen LogP contribution in [0.3, 0.4) is 0 Å². The Balaban J connectivity index is 1.16. The molecule has 0 saturated carbocycles. The van der Waals surface area contributed by atoms with E-state index < -0.39 is 11.9 Å². The van der Waals surface area contributed by atoms with Crippen molar-refractivity contribution in [2.75, 3.05) is 115 Å². The number of halogens is 1. The van der Waals surface area contributed by atoms with Crippen LogP contribution in [0.15, 0.2) is 30.5 Å². The van der Waals surface area contributed by atoms with Gasteiger partial charge in [-0.15, -0.1) is 11.6 Å². The van der Waals surface area contributed by atoms with Crippen molar-refractivity contribution >= 4 is 57.9 Å². The summed E-state index contributed by atoms with van der Waals surface area (Å²) in [5, 5.41) is 12.4. The molecule has 58 heavy (non-hydrogen) atoms. The second kappa shape index (κ2) is 29.0. The monoisotopic (exact) mass is 834 g/mol. The number of anilines is 3. The highest BCUT2D eigenvalue weighted by atomic mass is 35.5. The molecule has 0 aliphatic heterocycles. The summed E-state index contributed by atoms with van der Waals surface area (Å²) in [7, 11) is 1.85. The van der Waals surface area contributed by atoms with Crippen LogP contribution in [-0.4, -0.2) is 141 Å². The minimum atomic E-state index is -1.14. The molecule has 0 radical (unpaired) electrons. The molecule has 3 aromatic rings. The molecule has 3 rings (SSSR count). The number of ether oxygens (including phenoxy) is 6. The lowest BCUT2D eigenvalue weighted by Gasteiger charge is -2.19.